The summed E-state index contributed by atoms with van der Waals surface area (Å²) < 4.78 is 25.5. The molecule has 6 heteroatoms. The number of fused-ring (bicyclic) bond motifs is 1. The van der Waals surface area contributed by atoms with Crippen LogP contribution >= 0.6 is 0 Å². The van der Waals surface area contributed by atoms with Crippen molar-refractivity contribution in [1.82, 2.24) is 4.98 Å². The standard InChI is InChI=1S/C18H17NO2S.CO2/c1-2-14-8-10-15(11-9-14)13-22(20,21)17-7-3-5-16-6-4-12-19-18(16)17;2-1-3/h3-12H,2,13H2,1H3;. The number of para-hydroxylation sites is 1. The molecule has 0 bridgehead atoms. The molecule has 5 nitrogen and oxygen atoms in total. The second kappa shape index (κ2) is 8.33. The molecule has 0 spiro atoms. The molecule has 2 aromatic carbocycles. The van der Waals surface area contributed by atoms with Gasteiger partial charge in [0.2, 0.25) is 0 Å². The minimum atomic E-state index is -3.42. The van der Waals surface area contributed by atoms with Crippen LogP contribution < -0.4 is 0 Å². The Morgan fingerprint density at radius 1 is 0.920 bits per heavy atom. The zero-order valence-corrected chi connectivity index (χ0v) is 14.5. The van der Waals surface area contributed by atoms with E-state index in [0.717, 1.165) is 17.4 Å². The highest BCUT2D eigenvalue weighted by Crippen LogP contribution is 2.24. The van der Waals surface area contributed by atoms with E-state index in [4.69, 9.17) is 9.59 Å². The lowest BCUT2D eigenvalue weighted by atomic mass is 10.1. The summed E-state index contributed by atoms with van der Waals surface area (Å²) >= 11 is 0. The van der Waals surface area contributed by atoms with Gasteiger partial charge in [0.05, 0.1) is 16.2 Å². The zero-order chi connectivity index (χ0) is 18.3. The summed E-state index contributed by atoms with van der Waals surface area (Å²) in [6.45, 7) is 2.08. The summed E-state index contributed by atoms with van der Waals surface area (Å²) in [4.78, 5) is 20.8. The number of carbonyl (C=O) groups excluding carboxylic acids is 2. The van der Waals surface area contributed by atoms with Crippen LogP contribution in [-0.2, 0) is 31.6 Å². The van der Waals surface area contributed by atoms with Gasteiger partial charge in [0.15, 0.2) is 9.84 Å². The number of aryl methyl sites for hydroxylation is 1. The molecule has 0 unspecified atom stereocenters. The van der Waals surface area contributed by atoms with Crippen molar-refractivity contribution in [3.05, 3.63) is 71.9 Å². The molecule has 0 aliphatic rings. The molecule has 0 atom stereocenters. The predicted molar refractivity (Wildman–Crippen MR) is 93.5 cm³/mol. The van der Waals surface area contributed by atoms with Crippen LogP contribution in [0.5, 0.6) is 0 Å². The van der Waals surface area contributed by atoms with Crippen LogP contribution in [0.15, 0.2) is 65.7 Å². The molecule has 25 heavy (non-hydrogen) atoms. The van der Waals surface area contributed by atoms with Gasteiger partial charge < -0.3 is 0 Å². The van der Waals surface area contributed by atoms with Crippen molar-refractivity contribution in [1.29, 1.82) is 0 Å². The van der Waals surface area contributed by atoms with Crippen molar-refractivity contribution in [2.75, 3.05) is 0 Å². The van der Waals surface area contributed by atoms with Crippen molar-refractivity contribution in [2.45, 2.75) is 24.0 Å². The Kier molecular flexibility index (Phi) is 6.17. The minimum absolute atomic E-state index is 0.00726. The first-order chi connectivity index (χ1) is 12.0. The van der Waals surface area contributed by atoms with Gasteiger partial charge in [0.1, 0.15) is 0 Å². The summed E-state index contributed by atoms with van der Waals surface area (Å²) in [5.41, 5.74) is 2.54. The van der Waals surface area contributed by atoms with E-state index < -0.39 is 9.84 Å². The Morgan fingerprint density at radius 3 is 2.16 bits per heavy atom. The van der Waals surface area contributed by atoms with Crippen LogP contribution in [0.25, 0.3) is 10.9 Å². The molecule has 0 aliphatic heterocycles. The van der Waals surface area contributed by atoms with Crippen molar-refractivity contribution >= 4 is 26.9 Å². The normalized spacial score (nSPS) is 10.6. The Balaban J connectivity index is 0.000000701. The molecule has 3 aromatic rings. The van der Waals surface area contributed by atoms with E-state index >= 15 is 0 Å². The maximum Gasteiger partial charge on any atom is 0.373 e. The van der Waals surface area contributed by atoms with Gasteiger partial charge in [-0.05, 0) is 29.7 Å². The fourth-order valence-corrected chi connectivity index (χ4v) is 4.03. The average molecular weight is 355 g/mol. The third-order valence-electron chi connectivity index (χ3n) is 3.72. The third kappa shape index (κ3) is 4.59. The van der Waals surface area contributed by atoms with Crippen LogP contribution in [0.2, 0.25) is 0 Å². The number of nitrogens with zero attached hydrogens (tertiary/aromatic N) is 1. The number of pyridine rings is 1. The number of benzene rings is 2. The SMILES string of the molecule is CCc1ccc(CS(=O)(=O)c2cccc3cccnc23)cc1.O=C=O. The lowest BCUT2D eigenvalue weighted by Crippen LogP contribution is -2.06. The smallest absolute Gasteiger partial charge is 0.255 e. The molecule has 0 fully saturated rings. The van der Waals surface area contributed by atoms with E-state index in [1.165, 1.54) is 5.56 Å². The van der Waals surface area contributed by atoms with Gasteiger partial charge >= 0.3 is 6.15 Å². The summed E-state index contributed by atoms with van der Waals surface area (Å²) in [5.74, 6) is -0.00726. The highest BCUT2D eigenvalue weighted by molar-refractivity contribution is 7.90. The van der Waals surface area contributed by atoms with Gasteiger partial charge in [-0.2, -0.15) is 9.59 Å². The maximum atomic E-state index is 12.7. The second-order valence-electron chi connectivity index (χ2n) is 5.34. The van der Waals surface area contributed by atoms with Crippen molar-refractivity contribution < 1.29 is 18.0 Å². The van der Waals surface area contributed by atoms with E-state index in [0.29, 0.717) is 10.4 Å². The largest absolute Gasteiger partial charge is 0.373 e. The van der Waals surface area contributed by atoms with Crippen LogP contribution in [0.1, 0.15) is 18.1 Å². The lowest BCUT2D eigenvalue weighted by molar-refractivity contribution is -0.191. The van der Waals surface area contributed by atoms with Crippen molar-refractivity contribution in [3.63, 3.8) is 0 Å². The molecule has 0 saturated heterocycles. The van der Waals surface area contributed by atoms with Gasteiger partial charge in [-0.25, -0.2) is 8.42 Å². The zero-order valence-electron chi connectivity index (χ0n) is 13.7. The van der Waals surface area contributed by atoms with E-state index in [1.54, 1.807) is 18.3 Å². The van der Waals surface area contributed by atoms with E-state index in [1.807, 2.05) is 42.5 Å². The van der Waals surface area contributed by atoms with Gasteiger partial charge in [0.25, 0.3) is 0 Å². The van der Waals surface area contributed by atoms with Crippen LogP contribution in [-0.4, -0.2) is 19.6 Å². The topological polar surface area (TPSA) is 81.2 Å². The van der Waals surface area contributed by atoms with Crippen molar-refractivity contribution in [2.24, 2.45) is 0 Å². The van der Waals surface area contributed by atoms with E-state index in [-0.39, 0.29) is 11.9 Å². The Morgan fingerprint density at radius 2 is 1.52 bits per heavy atom. The Bertz CT molecular complexity index is 984. The minimum Gasteiger partial charge on any atom is -0.255 e. The first kappa shape index (κ1) is 18.5. The summed E-state index contributed by atoms with van der Waals surface area (Å²) in [6.07, 6.45) is 2.82. The van der Waals surface area contributed by atoms with Gasteiger partial charge in [0, 0.05) is 11.6 Å². The lowest BCUT2D eigenvalue weighted by Gasteiger charge is -2.08. The maximum absolute atomic E-state index is 12.7. The molecule has 0 aliphatic carbocycles. The number of sulfone groups is 1. The molecule has 0 amide bonds. The van der Waals surface area contributed by atoms with Gasteiger partial charge in [-0.3, -0.25) is 4.98 Å². The Hall–Kier alpha value is -2.82. The first-order valence-corrected chi connectivity index (χ1v) is 9.30. The quantitative estimate of drug-likeness (QED) is 0.718. The first-order valence-electron chi connectivity index (χ1n) is 7.65. The van der Waals surface area contributed by atoms with Crippen molar-refractivity contribution in [3.8, 4) is 0 Å². The highest BCUT2D eigenvalue weighted by Gasteiger charge is 2.18. The van der Waals surface area contributed by atoms with E-state index in [9.17, 15) is 8.42 Å². The molecule has 128 valence electrons. The number of hydrogen-bond acceptors (Lipinski definition) is 5. The molecule has 0 radical (unpaired) electrons. The molecular weight excluding hydrogens is 338 g/mol. The summed E-state index contributed by atoms with van der Waals surface area (Å²) in [6, 6.07) is 16.7. The van der Waals surface area contributed by atoms with Crippen LogP contribution in [0, 0.1) is 0 Å². The highest BCUT2D eigenvalue weighted by atomic mass is 32.2. The molecule has 3 rings (SSSR count). The average Bonchev–Trinajstić information content (AvgIpc) is 2.62. The van der Waals surface area contributed by atoms with E-state index in [2.05, 4.69) is 11.9 Å². The molecular formula is C19H17NO4S. The Labute approximate surface area is 146 Å². The van der Waals surface area contributed by atoms with Gasteiger partial charge in [-0.15, -0.1) is 0 Å². The van der Waals surface area contributed by atoms with Gasteiger partial charge in [-0.1, -0.05) is 49.4 Å². The fraction of sp³-hybridized carbons (Fsp3) is 0.158. The summed E-state index contributed by atoms with van der Waals surface area (Å²) in [5, 5.41) is 0.838. The third-order valence-corrected chi connectivity index (χ3v) is 5.43. The molecule has 0 saturated carbocycles. The monoisotopic (exact) mass is 355 g/mol. The number of aromatic nitrogens is 1. The predicted octanol–water partition coefficient (Wildman–Crippen LogP) is 3.19. The summed E-state index contributed by atoms with van der Waals surface area (Å²) in [7, 11) is -3.42. The number of hydrogen-bond donors (Lipinski definition) is 0. The molecule has 1 heterocycles. The molecule has 0 N–H and O–H groups in total. The second-order valence-corrected chi connectivity index (χ2v) is 7.30. The molecule has 1 aromatic heterocycles. The van der Waals surface area contributed by atoms with Crippen LogP contribution in [0.3, 0.4) is 0 Å². The number of rotatable bonds is 4. The van der Waals surface area contributed by atoms with Crippen LogP contribution in [0.4, 0.5) is 0 Å². The fourth-order valence-electron chi connectivity index (χ4n) is 2.50.